The number of benzene rings is 2. The minimum atomic E-state index is -0.141. The van der Waals surface area contributed by atoms with Crippen LogP contribution in [0.25, 0.3) is 10.9 Å². The average molecular weight is 333 g/mol. The van der Waals surface area contributed by atoms with Gasteiger partial charge in [0.1, 0.15) is 5.82 Å². The van der Waals surface area contributed by atoms with E-state index in [-0.39, 0.29) is 17.4 Å². The number of nitrogens with zero attached hydrogens (tertiary/aromatic N) is 2. The summed E-state index contributed by atoms with van der Waals surface area (Å²) in [6.07, 6.45) is 0.382. The second-order valence-electron chi connectivity index (χ2n) is 6.63. The van der Waals surface area contributed by atoms with Gasteiger partial charge in [-0.1, -0.05) is 42.0 Å². The van der Waals surface area contributed by atoms with Crippen LogP contribution in [0.1, 0.15) is 29.3 Å². The van der Waals surface area contributed by atoms with Crippen molar-refractivity contribution in [2.75, 3.05) is 6.54 Å². The van der Waals surface area contributed by atoms with Crippen LogP contribution >= 0.6 is 0 Å². The van der Waals surface area contributed by atoms with E-state index in [0.29, 0.717) is 36.2 Å². The smallest absolute Gasteiger partial charge is 0.258 e. The van der Waals surface area contributed by atoms with Crippen molar-refractivity contribution in [1.29, 1.82) is 0 Å². The first-order valence-electron chi connectivity index (χ1n) is 8.42. The number of carbonyl (C=O) groups excluding carboxylic acids is 1. The molecule has 3 aromatic rings. The molecule has 0 aliphatic carbocycles. The summed E-state index contributed by atoms with van der Waals surface area (Å²) >= 11 is 0. The molecule has 1 N–H and O–H groups in total. The number of hydrogen-bond donors (Lipinski definition) is 1. The highest BCUT2D eigenvalue weighted by Crippen LogP contribution is 2.27. The van der Waals surface area contributed by atoms with E-state index in [9.17, 15) is 9.59 Å². The zero-order valence-corrected chi connectivity index (χ0v) is 14.0. The second kappa shape index (κ2) is 6.16. The van der Waals surface area contributed by atoms with Crippen LogP contribution in [0.5, 0.6) is 0 Å². The lowest BCUT2D eigenvalue weighted by Crippen LogP contribution is -2.24. The van der Waals surface area contributed by atoms with Gasteiger partial charge in [0.25, 0.3) is 5.56 Å². The first-order chi connectivity index (χ1) is 12.1. The molecule has 2 heterocycles. The average Bonchev–Trinajstić information content (AvgIpc) is 2.97. The quantitative estimate of drug-likeness (QED) is 0.801. The number of fused-ring (bicyclic) bond motifs is 1. The number of hydrogen-bond acceptors (Lipinski definition) is 3. The van der Waals surface area contributed by atoms with Gasteiger partial charge in [-0.15, -0.1) is 0 Å². The third-order valence-electron chi connectivity index (χ3n) is 4.70. The van der Waals surface area contributed by atoms with E-state index in [1.165, 1.54) is 0 Å². The molecule has 0 bridgehead atoms. The fraction of sp³-hybridized carbons (Fsp3) is 0.250. The number of aryl methyl sites for hydroxylation is 1. The van der Waals surface area contributed by atoms with Crippen molar-refractivity contribution >= 4 is 16.8 Å². The number of H-pyrrole nitrogens is 1. The lowest BCUT2D eigenvalue weighted by atomic mass is 10.1. The van der Waals surface area contributed by atoms with Gasteiger partial charge in [0.05, 0.1) is 10.9 Å². The SMILES string of the molecule is Cc1ccc2nc(C3CC(=O)N(Cc4ccccc4)C3)[nH]c(=O)c2c1. The van der Waals surface area contributed by atoms with Crippen LogP contribution in [0.2, 0.25) is 0 Å². The minimum absolute atomic E-state index is 0.0744. The molecule has 0 spiro atoms. The van der Waals surface area contributed by atoms with E-state index in [4.69, 9.17) is 0 Å². The highest BCUT2D eigenvalue weighted by molar-refractivity contribution is 5.80. The standard InChI is InChI=1S/C20H19N3O2/c1-13-7-8-17-16(9-13)20(25)22-19(21-17)15-10-18(24)23(12-15)11-14-5-3-2-4-6-14/h2-9,15H,10-12H2,1H3,(H,21,22,25). The normalized spacial score (nSPS) is 17.4. The maximum atomic E-state index is 12.4. The Balaban J connectivity index is 1.60. The van der Waals surface area contributed by atoms with Crippen LogP contribution in [0, 0.1) is 6.92 Å². The number of nitrogens with one attached hydrogen (secondary N) is 1. The summed E-state index contributed by atoms with van der Waals surface area (Å²) in [6, 6.07) is 15.6. The number of likely N-dealkylation sites (tertiary alicyclic amines) is 1. The number of aromatic amines is 1. The van der Waals surface area contributed by atoms with Gasteiger partial charge in [-0.2, -0.15) is 0 Å². The van der Waals surface area contributed by atoms with E-state index >= 15 is 0 Å². The Morgan fingerprint density at radius 2 is 1.96 bits per heavy atom. The molecule has 2 aromatic carbocycles. The molecule has 1 unspecified atom stereocenters. The van der Waals surface area contributed by atoms with Gasteiger partial charge < -0.3 is 9.88 Å². The molecule has 0 saturated carbocycles. The van der Waals surface area contributed by atoms with Gasteiger partial charge in [0, 0.05) is 25.4 Å². The summed E-state index contributed by atoms with van der Waals surface area (Å²) in [5.74, 6) is 0.625. The zero-order valence-electron chi connectivity index (χ0n) is 14.0. The van der Waals surface area contributed by atoms with Crippen molar-refractivity contribution in [3.63, 3.8) is 0 Å². The lowest BCUT2D eigenvalue weighted by molar-refractivity contribution is -0.128. The third kappa shape index (κ3) is 3.05. The first kappa shape index (κ1) is 15.6. The number of carbonyl (C=O) groups is 1. The first-order valence-corrected chi connectivity index (χ1v) is 8.42. The van der Waals surface area contributed by atoms with Gasteiger partial charge in [0.15, 0.2) is 0 Å². The number of rotatable bonds is 3. The second-order valence-corrected chi connectivity index (χ2v) is 6.63. The van der Waals surface area contributed by atoms with E-state index in [1.54, 1.807) is 0 Å². The summed E-state index contributed by atoms with van der Waals surface area (Å²) in [6.45, 7) is 3.12. The van der Waals surface area contributed by atoms with Crippen molar-refractivity contribution in [3.8, 4) is 0 Å². The predicted octanol–water partition coefficient (Wildman–Crippen LogP) is 2.75. The summed E-state index contributed by atoms with van der Waals surface area (Å²) in [5.41, 5.74) is 2.67. The van der Waals surface area contributed by atoms with Crippen molar-refractivity contribution in [2.45, 2.75) is 25.8 Å². The van der Waals surface area contributed by atoms with Crippen LogP contribution in [0.15, 0.2) is 53.3 Å². The molecule has 0 radical (unpaired) electrons. The highest BCUT2D eigenvalue weighted by Gasteiger charge is 2.32. The molecule has 5 nitrogen and oxygen atoms in total. The van der Waals surface area contributed by atoms with Crippen molar-refractivity contribution < 1.29 is 4.79 Å². The lowest BCUT2D eigenvalue weighted by Gasteiger charge is -2.16. The van der Waals surface area contributed by atoms with Crippen LogP contribution < -0.4 is 5.56 Å². The van der Waals surface area contributed by atoms with Crippen molar-refractivity contribution in [3.05, 3.63) is 75.8 Å². The Bertz CT molecular complexity index is 995. The third-order valence-corrected chi connectivity index (χ3v) is 4.70. The van der Waals surface area contributed by atoms with Crippen LogP contribution in [0.3, 0.4) is 0 Å². The monoisotopic (exact) mass is 333 g/mol. The molecule has 1 fully saturated rings. The predicted molar refractivity (Wildman–Crippen MR) is 96.3 cm³/mol. The Hall–Kier alpha value is -2.95. The fourth-order valence-corrected chi connectivity index (χ4v) is 3.38. The maximum Gasteiger partial charge on any atom is 0.258 e. The van der Waals surface area contributed by atoms with Crippen molar-refractivity contribution in [1.82, 2.24) is 14.9 Å². The number of aromatic nitrogens is 2. The largest absolute Gasteiger partial charge is 0.338 e. The molecule has 1 aliphatic rings. The van der Waals surface area contributed by atoms with Crippen LogP contribution in [-0.2, 0) is 11.3 Å². The van der Waals surface area contributed by atoms with Gasteiger partial charge in [0.2, 0.25) is 5.91 Å². The summed E-state index contributed by atoms with van der Waals surface area (Å²) < 4.78 is 0. The van der Waals surface area contributed by atoms with Gasteiger partial charge in [-0.3, -0.25) is 9.59 Å². The van der Waals surface area contributed by atoms with Gasteiger partial charge >= 0.3 is 0 Å². The van der Waals surface area contributed by atoms with E-state index in [0.717, 1.165) is 11.1 Å². The topological polar surface area (TPSA) is 66.1 Å². The van der Waals surface area contributed by atoms with E-state index in [2.05, 4.69) is 9.97 Å². The molecule has 4 rings (SSSR count). The Morgan fingerprint density at radius 3 is 2.76 bits per heavy atom. The maximum absolute atomic E-state index is 12.4. The van der Waals surface area contributed by atoms with Crippen molar-refractivity contribution in [2.24, 2.45) is 0 Å². The summed E-state index contributed by atoms with van der Waals surface area (Å²) in [4.78, 5) is 34.0. The van der Waals surface area contributed by atoms with Gasteiger partial charge in [-0.05, 0) is 24.6 Å². The van der Waals surface area contributed by atoms with Crippen LogP contribution in [0.4, 0.5) is 0 Å². The number of amides is 1. The highest BCUT2D eigenvalue weighted by atomic mass is 16.2. The fourth-order valence-electron chi connectivity index (χ4n) is 3.38. The Morgan fingerprint density at radius 1 is 1.16 bits per heavy atom. The molecule has 1 atom stereocenters. The van der Waals surface area contributed by atoms with E-state index < -0.39 is 0 Å². The molecule has 1 saturated heterocycles. The molecule has 1 amide bonds. The summed E-state index contributed by atoms with van der Waals surface area (Å²) in [5, 5.41) is 0.592. The molecule has 1 aromatic heterocycles. The zero-order chi connectivity index (χ0) is 17.4. The molecular formula is C20H19N3O2. The molecule has 5 heteroatoms. The molecule has 1 aliphatic heterocycles. The Labute approximate surface area is 145 Å². The van der Waals surface area contributed by atoms with E-state index in [1.807, 2.05) is 60.4 Å². The minimum Gasteiger partial charge on any atom is -0.338 e. The molecular weight excluding hydrogens is 314 g/mol. The molecule has 25 heavy (non-hydrogen) atoms. The Kier molecular flexibility index (Phi) is 3.84. The van der Waals surface area contributed by atoms with Crippen LogP contribution in [-0.4, -0.2) is 27.3 Å². The van der Waals surface area contributed by atoms with Gasteiger partial charge in [-0.25, -0.2) is 4.98 Å². The summed E-state index contributed by atoms with van der Waals surface area (Å²) in [7, 11) is 0. The molecule has 126 valence electrons.